The zero-order chi connectivity index (χ0) is 17.4. The highest BCUT2D eigenvalue weighted by molar-refractivity contribution is 5.73. The molecule has 1 rings (SSSR count). The summed E-state index contributed by atoms with van der Waals surface area (Å²) in [7, 11) is 0. The van der Waals surface area contributed by atoms with Gasteiger partial charge in [-0.1, -0.05) is 19.9 Å². The van der Waals surface area contributed by atoms with E-state index in [0.29, 0.717) is 13.0 Å². The molecule has 1 aliphatic rings. The number of hydrogen-bond acceptors (Lipinski definition) is 5. The Morgan fingerprint density at radius 1 is 1.35 bits per heavy atom. The summed E-state index contributed by atoms with van der Waals surface area (Å²) in [5.41, 5.74) is 7.31. The van der Waals surface area contributed by atoms with Gasteiger partial charge in [0.2, 0.25) is 5.91 Å². The average Bonchev–Trinajstić information content (AvgIpc) is 2.49. The van der Waals surface area contributed by atoms with Crippen molar-refractivity contribution in [3.63, 3.8) is 0 Å². The van der Waals surface area contributed by atoms with Gasteiger partial charge < -0.3 is 25.3 Å². The lowest BCUT2D eigenvalue weighted by Crippen LogP contribution is -2.51. The van der Waals surface area contributed by atoms with Gasteiger partial charge in [-0.2, -0.15) is 0 Å². The predicted molar refractivity (Wildman–Crippen MR) is 89.7 cm³/mol. The molecule has 0 aromatic heterocycles. The van der Waals surface area contributed by atoms with Crippen LogP contribution in [0.15, 0.2) is 11.6 Å². The summed E-state index contributed by atoms with van der Waals surface area (Å²) in [6.45, 7) is 9.87. The molecule has 1 fully saturated rings. The second kappa shape index (κ2) is 10.0. The molecule has 1 heterocycles. The molecule has 0 saturated carbocycles. The Bertz CT molecular complexity index is 390. The van der Waals surface area contributed by atoms with E-state index in [2.05, 4.69) is 19.2 Å². The maximum Gasteiger partial charge on any atom is 0.217 e. The number of nitrogens with two attached hydrogens (primary N) is 1. The van der Waals surface area contributed by atoms with Crippen LogP contribution in [0.1, 0.15) is 53.9 Å². The number of hydrogen-bond donors (Lipinski definition) is 2. The highest BCUT2D eigenvalue weighted by atomic mass is 16.9. The second-order valence-electron chi connectivity index (χ2n) is 5.98. The van der Waals surface area contributed by atoms with Gasteiger partial charge in [0.1, 0.15) is 0 Å². The molecule has 23 heavy (non-hydrogen) atoms. The second-order valence-corrected chi connectivity index (χ2v) is 5.98. The molecule has 0 aromatic carbocycles. The molecule has 6 heteroatoms. The average molecular weight is 328 g/mol. The van der Waals surface area contributed by atoms with E-state index < -0.39 is 0 Å². The summed E-state index contributed by atoms with van der Waals surface area (Å²) in [4.78, 5) is 11.5. The molecule has 0 spiro atoms. The zero-order valence-electron chi connectivity index (χ0n) is 15.0. The lowest BCUT2D eigenvalue weighted by molar-refractivity contribution is -0.360. The number of allylic oxidation sites excluding steroid dienone is 1. The van der Waals surface area contributed by atoms with Crippen LogP contribution in [-0.4, -0.2) is 43.3 Å². The predicted octanol–water partition coefficient (Wildman–Crippen LogP) is 2.08. The van der Waals surface area contributed by atoms with E-state index in [4.69, 9.17) is 19.9 Å². The van der Waals surface area contributed by atoms with Gasteiger partial charge in [-0.25, -0.2) is 0 Å². The van der Waals surface area contributed by atoms with E-state index in [1.807, 2.05) is 19.9 Å². The summed E-state index contributed by atoms with van der Waals surface area (Å²) in [6, 6.07) is -0.497. The molecule has 1 saturated heterocycles. The third-order valence-corrected chi connectivity index (χ3v) is 4.10. The Labute approximate surface area is 139 Å². The van der Waals surface area contributed by atoms with E-state index >= 15 is 0 Å². The standard InChI is InChI=1S/C17H32N2O4/c1-6-13(17-22-12(5)23-17)9-15(18)16(19-11(4)20)10-21-14(7-2)8-3/h6,12,14-17H,7-10,18H2,1-5H3,(H,19,20)/b13-6+/t12?,15-,16+,17?/m1/s1. The molecule has 2 atom stereocenters. The van der Waals surface area contributed by atoms with Crippen LogP contribution in [0.25, 0.3) is 0 Å². The Morgan fingerprint density at radius 2 is 1.96 bits per heavy atom. The van der Waals surface area contributed by atoms with Crippen molar-refractivity contribution in [1.29, 1.82) is 0 Å². The normalized spacial score (nSPS) is 24.2. The molecule has 0 aliphatic carbocycles. The van der Waals surface area contributed by atoms with Gasteiger partial charge in [-0.3, -0.25) is 4.79 Å². The van der Waals surface area contributed by atoms with Crippen molar-refractivity contribution >= 4 is 5.91 Å². The molecule has 1 amide bonds. The Kier molecular flexibility index (Phi) is 8.76. The minimum absolute atomic E-state index is 0.106. The summed E-state index contributed by atoms with van der Waals surface area (Å²) in [6.07, 6.45) is 4.14. The van der Waals surface area contributed by atoms with Crippen LogP contribution in [-0.2, 0) is 19.0 Å². The van der Waals surface area contributed by atoms with E-state index in [0.717, 1.165) is 18.4 Å². The summed E-state index contributed by atoms with van der Waals surface area (Å²) >= 11 is 0. The summed E-state index contributed by atoms with van der Waals surface area (Å²) in [5.74, 6) is -0.106. The Morgan fingerprint density at radius 3 is 2.39 bits per heavy atom. The first-order valence-electron chi connectivity index (χ1n) is 8.51. The van der Waals surface area contributed by atoms with Crippen molar-refractivity contribution < 1.29 is 19.0 Å². The number of carbonyl (C=O) groups is 1. The number of ether oxygens (including phenoxy) is 3. The number of amides is 1. The molecule has 0 bridgehead atoms. The molecule has 0 radical (unpaired) electrons. The first-order chi connectivity index (χ1) is 10.9. The molecule has 3 N–H and O–H groups in total. The van der Waals surface area contributed by atoms with E-state index in [1.54, 1.807) is 0 Å². The smallest absolute Gasteiger partial charge is 0.217 e. The minimum atomic E-state index is -0.320. The van der Waals surface area contributed by atoms with Gasteiger partial charge in [0.15, 0.2) is 12.6 Å². The maximum absolute atomic E-state index is 11.5. The van der Waals surface area contributed by atoms with Crippen LogP contribution in [0.3, 0.4) is 0 Å². The van der Waals surface area contributed by atoms with Crippen LogP contribution >= 0.6 is 0 Å². The fourth-order valence-corrected chi connectivity index (χ4v) is 2.60. The van der Waals surface area contributed by atoms with Crippen molar-refractivity contribution in [3.8, 4) is 0 Å². The van der Waals surface area contributed by atoms with Crippen molar-refractivity contribution in [1.82, 2.24) is 5.32 Å². The zero-order valence-corrected chi connectivity index (χ0v) is 15.0. The lowest BCUT2D eigenvalue weighted by Gasteiger charge is -2.37. The highest BCUT2D eigenvalue weighted by Crippen LogP contribution is 2.26. The minimum Gasteiger partial charge on any atom is -0.376 e. The van der Waals surface area contributed by atoms with Crippen molar-refractivity contribution in [3.05, 3.63) is 11.6 Å². The van der Waals surface area contributed by atoms with Gasteiger partial charge in [0.05, 0.1) is 18.8 Å². The third kappa shape index (κ3) is 6.59. The summed E-state index contributed by atoms with van der Waals surface area (Å²) < 4.78 is 16.9. The topological polar surface area (TPSA) is 82.8 Å². The first-order valence-corrected chi connectivity index (χ1v) is 8.51. The molecule has 1 aliphatic heterocycles. The van der Waals surface area contributed by atoms with Crippen molar-refractivity contribution in [2.75, 3.05) is 6.61 Å². The molecule has 0 aromatic rings. The van der Waals surface area contributed by atoms with Crippen molar-refractivity contribution in [2.45, 2.75) is 84.6 Å². The number of carbonyl (C=O) groups excluding carboxylic acids is 1. The van der Waals surface area contributed by atoms with Crippen LogP contribution in [0.2, 0.25) is 0 Å². The van der Waals surface area contributed by atoms with Gasteiger partial charge in [-0.05, 0) is 38.7 Å². The van der Waals surface area contributed by atoms with Crippen LogP contribution in [0.5, 0.6) is 0 Å². The molecular weight excluding hydrogens is 296 g/mol. The number of nitrogens with one attached hydrogen (secondary N) is 1. The van der Waals surface area contributed by atoms with E-state index in [1.165, 1.54) is 6.92 Å². The maximum atomic E-state index is 11.5. The van der Waals surface area contributed by atoms with Gasteiger partial charge in [0.25, 0.3) is 0 Å². The largest absolute Gasteiger partial charge is 0.376 e. The molecular formula is C17H32N2O4. The van der Waals surface area contributed by atoms with Crippen molar-refractivity contribution in [2.24, 2.45) is 5.73 Å². The van der Waals surface area contributed by atoms with E-state index in [-0.39, 0.29) is 36.7 Å². The third-order valence-electron chi connectivity index (χ3n) is 4.10. The lowest BCUT2D eigenvalue weighted by atomic mass is 9.99. The highest BCUT2D eigenvalue weighted by Gasteiger charge is 2.32. The van der Waals surface area contributed by atoms with E-state index in [9.17, 15) is 4.79 Å². The number of rotatable bonds is 10. The van der Waals surface area contributed by atoms with Crippen LogP contribution in [0.4, 0.5) is 0 Å². The fraction of sp³-hybridized carbons (Fsp3) is 0.824. The molecule has 6 nitrogen and oxygen atoms in total. The van der Waals surface area contributed by atoms with Crippen LogP contribution in [0, 0.1) is 0 Å². The van der Waals surface area contributed by atoms with Gasteiger partial charge in [0, 0.05) is 13.0 Å². The SMILES string of the molecule is C/C=C(\C[C@@H](N)[C@H](COC(CC)CC)NC(C)=O)C1OC(C)O1. The van der Waals surface area contributed by atoms with Gasteiger partial charge in [-0.15, -0.1) is 0 Å². The monoisotopic (exact) mass is 328 g/mol. The fourth-order valence-electron chi connectivity index (χ4n) is 2.60. The van der Waals surface area contributed by atoms with Crippen LogP contribution < -0.4 is 11.1 Å². The quantitative estimate of drug-likeness (QED) is 0.600. The molecule has 134 valence electrons. The Hall–Kier alpha value is -0.950. The summed E-state index contributed by atoms with van der Waals surface area (Å²) in [5, 5.41) is 2.90. The first kappa shape index (κ1) is 20.1. The van der Waals surface area contributed by atoms with Gasteiger partial charge >= 0.3 is 0 Å². The molecule has 0 unspecified atom stereocenters. The Balaban J connectivity index is 2.59.